The number of benzene rings is 1. The SMILES string of the molecule is CCC(S)S.O=Cc1cccc([N+](=O)[O-])c1. The third-order valence-electron chi connectivity index (χ3n) is 1.58. The van der Waals surface area contributed by atoms with E-state index in [0.717, 1.165) is 6.42 Å². The minimum atomic E-state index is -0.535. The maximum atomic E-state index is 10.2. The average Bonchev–Trinajstić information content (AvgIpc) is 2.29. The van der Waals surface area contributed by atoms with E-state index >= 15 is 0 Å². The zero-order valence-corrected chi connectivity index (χ0v) is 10.5. The predicted molar refractivity (Wildman–Crippen MR) is 70.5 cm³/mol. The number of thiol groups is 2. The van der Waals surface area contributed by atoms with Crippen molar-refractivity contribution in [1.29, 1.82) is 0 Å². The molecule has 88 valence electrons. The minimum Gasteiger partial charge on any atom is -0.298 e. The van der Waals surface area contributed by atoms with Crippen molar-refractivity contribution in [3.05, 3.63) is 39.9 Å². The Kier molecular flexibility index (Phi) is 7.66. The topological polar surface area (TPSA) is 60.2 Å². The largest absolute Gasteiger partial charge is 0.298 e. The molecular weight excluding hydrogens is 246 g/mol. The number of nitro groups is 1. The smallest absolute Gasteiger partial charge is 0.270 e. The van der Waals surface area contributed by atoms with E-state index in [1.807, 2.05) is 6.92 Å². The molecule has 0 aliphatic carbocycles. The summed E-state index contributed by atoms with van der Waals surface area (Å²) in [5.74, 6) is 0. The zero-order valence-electron chi connectivity index (χ0n) is 8.74. The fourth-order valence-corrected chi connectivity index (χ4v) is 0.712. The van der Waals surface area contributed by atoms with Gasteiger partial charge in [0.2, 0.25) is 0 Å². The molecule has 0 amide bonds. The molecule has 6 heteroatoms. The summed E-state index contributed by atoms with van der Waals surface area (Å²) in [7, 11) is 0. The lowest BCUT2D eigenvalue weighted by molar-refractivity contribution is -0.384. The minimum absolute atomic E-state index is 0.0606. The standard InChI is InChI=1S/C7H5NO3.C3H8S2/c9-5-6-2-1-3-7(4-6)8(10)11;1-2-3(4)5/h1-5H;3-5H,2H2,1H3. The average molecular weight is 259 g/mol. The van der Waals surface area contributed by atoms with Gasteiger partial charge in [-0.05, 0) is 6.42 Å². The van der Waals surface area contributed by atoms with Gasteiger partial charge in [0, 0.05) is 22.3 Å². The number of hydrogen-bond donors (Lipinski definition) is 2. The van der Waals surface area contributed by atoms with Gasteiger partial charge in [0.15, 0.2) is 0 Å². The van der Waals surface area contributed by atoms with E-state index in [1.165, 1.54) is 24.3 Å². The first kappa shape index (κ1) is 15.0. The third-order valence-corrected chi connectivity index (χ3v) is 2.31. The second kappa shape index (κ2) is 8.18. The van der Waals surface area contributed by atoms with E-state index in [9.17, 15) is 14.9 Å². The van der Waals surface area contributed by atoms with Crippen molar-refractivity contribution in [2.45, 2.75) is 17.9 Å². The summed E-state index contributed by atoms with van der Waals surface area (Å²) in [4.78, 5) is 19.8. The van der Waals surface area contributed by atoms with Crippen LogP contribution in [0, 0.1) is 10.1 Å². The summed E-state index contributed by atoms with van der Waals surface area (Å²) in [6, 6.07) is 5.56. The van der Waals surface area contributed by atoms with Gasteiger partial charge >= 0.3 is 0 Å². The highest BCUT2D eigenvalue weighted by Gasteiger charge is 2.03. The van der Waals surface area contributed by atoms with Crippen LogP contribution in [0.5, 0.6) is 0 Å². The molecule has 0 radical (unpaired) electrons. The van der Waals surface area contributed by atoms with Crippen molar-refractivity contribution in [2.75, 3.05) is 0 Å². The van der Waals surface area contributed by atoms with Crippen LogP contribution >= 0.6 is 25.3 Å². The van der Waals surface area contributed by atoms with Crippen molar-refractivity contribution < 1.29 is 9.72 Å². The van der Waals surface area contributed by atoms with Gasteiger partial charge in [-0.25, -0.2) is 0 Å². The van der Waals surface area contributed by atoms with Crippen LogP contribution < -0.4 is 0 Å². The number of aldehydes is 1. The molecule has 16 heavy (non-hydrogen) atoms. The van der Waals surface area contributed by atoms with Gasteiger partial charge in [-0.15, -0.1) is 0 Å². The second-order valence-electron chi connectivity index (χ2n) is 2.86. The maximum Gasteiger partial charge on any atom is 0.270 e. The molecule has 0 atom stereocenters. The van der Waals surface area contributed by atoms with Crippen molar-refractivity contribution in [2.24, 2.45) is 0 Å². The van der Waals surface area contributed by atoms with Crippen LogP contribution in [0.3, 0.4) is 0 Å². The van der Waals surface area contributed by atoms with Crippen LogP contribution in [0.4, 0.5) is 5.69 Å². The predicted octanol–water partition coefficient (Wildman–Crippen LogP) is 2.99. The van der Waals surface area contributed by atoms with E-state index in [2.05, 4.69) is 25.3 Å². The summed E-state index contributed by atoms with van der Waals surface area (Å²) in [6.45, 7) is 2.05. The van der Waals surface area contributed by atoms with Crippen LogP contribution in [-0.2, 0) is 0 Å². The summed E-state index contributed by atoms with van der Waals surface area (Å²) in [5.41, 5.74) is 0.258. The van der Waals surface area contributed by atoms with Crippen LogP contribution in [0.15, 0.2) is 24.3 Å². The lowest BCUT2D eigenvalue weighted by Crippen LogP contribution is -1.88. The molecule has 1 rings (SSSR count). The molecule has 0 saturated heterocycles. The summed E-state index contributed by atoms with van der Waals surface area (Å²) in [5, 5.41) is 10.2. The van der Waals surface area contributed by atoms with Gasteiger partial charge in [-0.2, -0.15) is 25.3 Å². The van der Waals surface area contributed by atoms with Gasteiger partial charge in [0.1, 0.15) is 6.29 Å². The molecule has 1 aromatic carbocycles. The van der Waals surface area contributed by atoms with E-state index in [4.69, 9.17) is 0 Å². The molecule has 0 N–H and O–H groups in total. The van der Waals surface area contributed by atoms with E-state index < -0.39 is 4.92 Å². The second-order valence-corrected chi connectivity index (χ2v) is 4.51. The number of nitrogens with zero attached hydrogens (tertiary/aromatic N) is 1. The molecule has 0 fully saturated rings. The Hall–Kier alpha value is -1.01. The molecule has 0 aromatic heterocycles. The highest BCUT2D eigenvalue weighted by molar-refractivity contribution is 7.99. The van der Waals surface area contributed by atoms with Crippen molar-refractivity contribution in [1.82, 2.24) is 0 Å². The van der Waals surface area contributed by atoms with Crippen molar-refractivity contribution >= 4 is 37.2 Å². The summed E-state index contributed by atoms with van der Waals surface area (Å²) >= 11 is 7.92. The van der Waals surface area contributed by atoms with Crippen LogP contribution in [0.1, 0.15) is 23.7 Å². The fourth-order valence-electron chi connectivity index (χ4n) is 0.712. The fraction of sp³-hybridized carbons (Fsp3) is 0.300. The van der Waals surface area contributed by atoms with Gasteiger partial charge in [0.05, 0.1) is 4.92 Å². The quantitative estimate of drug-likeness (QED) is 0.288. The Labute approximate surface area is 105 Å². The first-order valence-corrected chi connectivity index (χ1v) is 5.60. The molecular formula is C10H13NO3S2. The number of non-ortho nitro benzene ring substituents is 1. The molecule has 0 spiro atoms. The molecule has 0 unspecified atom stereocenters. The molecule has 0 heterocycles. The monoisotopic (exact) mass is 259 g/mol. The number of rotatable bonds is 3. The number of carbonyl (C=O) groups is 1. The van der Waals surface area contributed by atoms with Crippen molar-refractivity contribution in [3.63, 3.8) is 0 Å². The molecule has 0 aliphatic rings. The lowest BCUT2D eigenvalue weighted by atomic mass is 10.2. The van der Waals surface area contributed by atoms with Gasteiger partial charge in [0.25, 0.3) is 5.69 Å². The Morgan fingerprint density at radius 1 is 1.50 bits per heavy atom. The first-order valence-electron chi connectivity index (χ1n) is 4.57. The van der Waals surface area contributed by atoms with E-state index in [0.29, 0.717) is 11.8 Å². The van der Waals surface area contributed by atoms with Crippen LogP contribution in [0.2, 0.25) is 0 Å². The van der Waals surface area contributed by atoms with Crippen molar-refractivity contribution in [3.8, 4) is 0 Å². The van der Waals surface area contributed by atoms with Gasteiger partial charge < -0.3 is 0 Å². The molecule has 0 bridgehead atoms. The Balaban J connectivity index is 0.000000385. The Morgan fingerprint density at radius 2 is 2.06 bits per heavy atom. The number of nitro benzene ring substituents is 1. The highest BCUT2D eigenvalue weighted by atomic mass is 32.2. The summed E-state index contributed by atoms with van der Waals surface area (Å²) < 4.78 is 0.273. The van der Waals surface area contributed by atoms with E-state index in [1.54, 1.807) is 0 Å². The normalized spacial score (nSPS) is 9.25. The Morgan fingerprint density at radius 3 is 2.44 bits per heavy atom. The first-order chi connectivity index (χ1) is 7.51. The molecule has 1 aromatic rings. The van der Waals surface area contributed by atoms with Gasteiger partial charge in [-0.3, -0.25) is 14.9 Å². The Bertz CT molecular complexity index is 356. The summed E-state index contributed by atoms with van der Waals surface area (Å²) in [6.07, 6.45) is 1.61. The maximum absolute atomic E-state index is 10.2. The van der Waals surface area contributed by atoms with Crippen LogP contribution in [0.25, 0.3) is 0 Å². The van der Waals surface area contributed by atoms with Crippen LogP contribution in [-0.4, -0.2) is 15.8 Å². The number of carbonyl (C=O) groups excluding carboxylic acids is 1. The number of hydrogen-bond acceptors (Lipinski definition) is 5. The molecule has 0 aliphatic heterocycles. The van der Waals surface area contributed by atoms with E-state index in [-0.39, 0.29) is 10.3 Å². The molecule has 0 saturated carbocycles. The third kappa shape index (κ3) is 6.47. The lowest BCUT2D eigenvalue weighted by Gasteiger charge is -1.90. The molecule has 4 nitrogen and oxygen atoms in total. The zero-order chi connectivity index (χ0) is 12.6. The highest BCUT2D eigenvalue weighted by Crippen LogP contribution is 2.10. The van der Waals surface area contributed by atoms with Gasteiger partial charge in [-0.1, -0.05) is 19.1 Å².